The summed E-state index contributed by atoms with van der Waals surface area (Å²) in [6.07, 6.45) is 9.62. The predicted molar refractivity (Wildman–Crippen MR) is 134 cm³/mol. The number of anilines is 1. The van der Waals surface area contributed by atoms with Crippen LogP contribution in [0, 0.1) is 0 Å². The maximum atomic E-state index is 12.0. The molecule has 0 saturated heterocycles. The van der Waals surface area contributed by atoms with E-state index in [9.17, 15) is 4.79 Å². The minimum Gasteiger partial charge on any atom is -0.380 e. The number of aromatic nitrogens is 5. The number of amides is 1. The number of primary amides is 1. The summed E-state index contributed by atoms with van der Waals surface area (Å²) in [4.78, 5) is 16.6. The topological polar surface area (TPSA) is 95.7 Å². The van der Waals surface area contributed by atoms with Crippen LogP contribution < -0.4 is 11.1 Å². The van der Waals surface area contributed by atoms with Crippen LogP contribution >= 0.6 is 0 Å². The highest BCUT2D eigenvalue weighted by atomic mass is 16.1. The van der Waals surface area contributed by atoms with Gasteiger partial charge in [-0.25, -0.2) is 4.98 Å². The van der Waals surface area contributed by atoms with Gasteiger partial charge < -0.3 is 20.2 Å². The monoisotopic (exact) mass is 453 g/mol. The zero-order valence-corrected chi connectivity index (χ0v) is 19.6. The molecular formula is C26H27N7O. The fourth-order valence-electron chi connectivity index (χ4n) is 4.16. The second-order valence-electron chi connectivity index (χ2n) is 9.43. The van der Waals surface area contributed by atoms with Crippen molar-refractivity contribution in [2.75, 3.05) is 5.32 Å². The summed E-state index contributed by atoms with van der Waals surface area (Å²) in [5, 5.41) is 8.73. The Balaban J connectivity index is 1.58. The molecule has 5 aromatic rings. The van der Waals surface area contributed by atoms with Crippen molar-refractivity contribution in [2.45, 2.75) is 26.3 Å². The van der Waals surface area contributed by atoms with Gasteiger partial charge in [0, 0.05) is 53.5 Å². The lowest BCUT2D eigenvalue weighted by atomic mass is 10.1. The van der Waals surface area contributed by atoms with Gasteiger partial charge in [-0.05, 0) is 57.2 Å². The molecule has 8 nitrogen and oxygen atoms in total. The van der Waals surface area contributed by atoms with Crippen molar-refractivity contribution in [1.82, 2.24) is 23.9 Å². The van der Waals surface area contributed by atoms with Crippen LogP contribution in [0.3, 0.4) is 0 Å². The van der Waals surface area contributed by atoms with Crippen LogP contribution in [0.2, 0.25) is 0 Å². The number of fused-ring (bicyclic) bond motifs is 1. The summed E-state index contributed by atoms with van der Waals surface area (Å²) in [5.74, 6) is -0.456. The Hall–Kier alpha value is -4.33. The van der Waals surface area contributed by atoms with Gasteiger partial charge in [-0.2, -0.15) is 5.10 Å². The maximum Gasteiger partial charge on any atom is 0.250 e. The molecule has 0 aliphatic carbocycles. The number of hydrogen-bond acceptors (Lipinski definition) is 4. The second kappa shape index (κ2) is 7.91. The van der Waals surface area contributed by atoms with E-state index >= 15 is 0 Å². The number of carbonyl (C=O) groups excluding carboxylic acids is 1. The number of carbonyl (C=O) groups is 1. The molecule has 0 aliphatic rings. The lowest BCUT2D eigenvalue weighted by Gasteiger charge is -2.24. The highest BCUT2D eigenvalue weighted by Crippen LogP contribution is 2.30. The van der Waals surface area contributed by atoms with Gasteiger partial charge in [0.25, 0.3) is 5.91 Å². The van der Waals surface area contributed by atoms with E-state index in [1.54, 1.807) is 10.7 Å². The van der Waals surface area contributed by atoms with Crippen molar-refractivity contribution >= 4 is 22.5 Å². The first-order valence-corrected chi connectivity index (χ1v) is 11.1. The maximum absolute atomic E-state index is 12.0. The number of nitrogens with two attached hydrogens (primary N) is 1. The van der Waals surface area contributed by atoms with Crippen LogP contribution in [-0.4, -0.2) is 35.3 Å². The van der Waals surface area contributed by atoms with Crippen molar-refractivity contribution in [3.63, 3.8) is 0 Å². The van der Waals surface area contributed by atoms with Crippen molar-refractivity contribution in [3.05, 3.63) is 79.1 Å². The highest BCUT2D eigenvalue weighted by molar-refractivity contribution is 5.99. The van der Waals surface area contributed by atoms with E-state index < -0.39 is 5.91 Å². The summed E-state index contributed by atoms with van der Waals surface area (Å²) in [5.41, 5.74) is 11.4. The third-order valence-corrected chi connectivity index (χ3v) is 5.63. The first-order valence-electron chi connectivity index (χ1n) is 11.1. The summed E-state index contributed by atoms with van der Waals surface area (Å²) in [6.45, 7) is 6.14. The number of benzene rings is 2. The zero-order valence-electron chi connectivity index (χ0n) is 19.6. The number of hydrogen-bond donors (Lipinski definition) is 2. The smallest absolute Gasteiger partial charge is 0.250 e. The Labute approximate surface area is 197 Å². The molecule has 3 N–H and O–H groups in total. The summed E-state index contributed by atoms with van der Waals surface area (Å²) in [7, 11) is 1.89. The summed E-state index contributed by atoms with van der Waals surface area (Å²) in [6, 6.07) is 13.9. The van der Waals surface area contributed by atoms with Crippen LogP contribution in [0.5, 0.6) is 0 Å². The van der Waals surface area contributed by atoms with Gasteiger partial charge in [0.1, 0.15) is 0 Å². The molecule has 0 saturated carbocycles. The SMILES string of the molecule is Cn1cc(-c2cn(-c3cccc4c3ccn4-c3ccc(C(N)=O)c(NC(C)(C)C)c3)cn2)cn1. The molecule has 172 valence electrons. The van der Waals surface area contributed by atoms with E-state index in [0.29, 0.717) is 11.3 Å². The van der Waals surface area contributed by atoms with Crippen molar-refractivity contribution in [3.8, 4) is 22.6 Å². The van der Waals surface area contributed by atoms with E-state index in [4.69, 9.17) is 5.73 Å². The Kier molecular flexibility index (Phi) is 5.01. The molecule has 0 aliphatic heterocycles. The Bertz CT molecular complexity index is 1510. The number of rotatable bonds is 5. The molecule has 0 atom stereocenters. The predicted octanol–water partition coefficient (Wildman–Crippen LogP) is 4.53. The molecule has 0 spiro atoms. The molecule has 1 amide bonds. The van der Waals surface area contributed by atoms with Gasteiger partial charge in [0.2, 0.25) is 0 Å². The van der Waals surface area contributed by atoms with E-state index in [2.05, 4.69) is 38.2 Å². The number of nitrogens with zero attached hydrogens (tertiary/aromatic N) is 5. The first-order chi connectivity index (χ1) is 16.2. The molecule has 0 fully saturated rings. The van der Waals surface area contributed by atoms with Crippen LogP contribution in [0.4, 0.5) is 5.69 Å². The number of imidazole rings is 1. The standard InChI is InChI=1S/C26H27N7O/c1-26(2,3)30-21-12-18(8-9-19(21)25(27)34)33-11-10-20-23(6-5-7-24(20)33)32-15-22(28-16-32)17-13-29-31(4)14-17/h5-16,30H,1-4H3,(H2,27,34). The van der Waals surface area contributed by atoms with Gasteiger partial charge in [-0.15, -0.1) is 0 Å². The van der Waals surface area contributed by atoms with E-state index in [0.717, 1.165) is 33.5 Å². The summed E-state index contributed by atoms with van der Waals surface area (Å²) < 4.78 is 5.90. The van der Waals surface area contributed by atoms with Crippen molar-refractivity contribution in [1.29, 1.82) is 0 Å². The second-order valence-corrected chi connectivity index (χ2v) is 9.43. The molecule has 2 aromatic carbocycles. The van der Waals surface area contributed by atoms with Gasteiger partial charge in [-0.3, -0.25) is 9.48 Å². The Morgan fingerprint density at radius 1 is 1.09 bits per heavy atom. The molecule has 0 bridgehead atoms. The Morgan fingerprint density at radius 2 is 1.91 bits per heavy atom. The van der Waals surface area contributed by atoms with E-state index in [1.807, 2.05) is 81.7 Å². The quantitative estimate of drug-likeness (QED) is 0.409. The molecule has 0 radical (unpaired) electrons. The normalized spacial score (nSPS) is 11.8. The van der Waals surface area contributed by atoms with Gasteiger partial charge in [0.15, 0.2) is 0 Å². The van der Waals surface area contributed by atoms with Crippen LogP contribution in [0.25, 0.3) is 33.5 Å². The van der Waals surface area contributed by atoms with Crippen molar-refractivity contribution in [2.24, 2.45) is 12.8 Å². The largest absolute Gasteiger partial charge is 0.380 e. The average Bonchev–Trinajstić information content (AvgIpc) is 3.51. The molecule has 5 rings (SSSR count). The highest BCUT2D eigenvalue weighted by Gasteiger charge is 2.17. The third kappa shape index (κ3) is 3.94. The molecule has 3 aromatic heterocycles. The first kappa shape index (κ1) is 21.5. The molecule has 0 unspecified atom stereocenters. The molecule has 34 heavy (non-hydrogen) atoms. The number of aryl methyl sites for hydroxylation is 1. The minimum atomic E-state index is -0.456. The van der Waals surface area contributed by atoms with E-state index in [1.165, 1.54) is 0 Å². The Morgan fingerprint density at radius 3 is 2.62 bits per heavy atom. The number of nitrogens with one attached hydrogen (secondary N) is 1. The zero-order chi connectivity index (χ0) is 24.0. The van der Waals surface area contributed by atoms with Gasteiger partial charge in [-0.1, -0.05) is 6.07 Å². The van der Waals surface area contributed by atoms with Crippen molar-refractivity contribution < 1.29 is 4.79 Å². The molecule has 3 heterocycles. The lowest BCUT2D eigenvalue weighted by molar-refractivity contribution is 0.100. The fourth-order valence-corrected chi connectivity index (χ4v) is 4.16. The van der Waals surface area contributed by atoms with Crippen LogP contribution in [-0.2, 0) is 7.05 Å². The van der Waals surface area contributed by atoms with E-state index in [-0.39, 0.29) is 5.54 Å². The van der Waals surface area contributed by atoms with Crippen LogP contribution in [0.15, 0.2) is 73.6 Å². The average molecular weight is 454 g/mol. The van der Waals surface area contributed by atoms with Gasteiger partial charge >= 0.3 is 0 Å². The van der Waals surface area contributed by atoms with Crippen LogP contribution in [0.1, 0.15) is 31.1 Å². The molecule has 8 heteroatoms. The molecular weight excluding hydrogens is 426 g/mol. The van der Waals surface area contributed by atoms with Gasteiger partial charge in [0.05, 0.1) is 35.0 Å². The fraction of sp³-hybridized carbons (Fsp3) is 0.192. The lowest BCUT2D eigenvalue weighted by Crippen LogP contribution is -2.28. The third-order valence-electron chi connectivity index (χ3n) is 5.63. The minimum absolute atomic E-state index is 0.220. The summed E-state index contributed by atoms with van der Waals surface area (Å²) >= 11 is 0.